The fourth-order valence-corrected chi connectivity index (χ4v) is 19.9. The van der Waals surface area contributed by atoms with Gasteiger partial charge in [-0.1, -0.05) is 140 Å². The van der Waals surface area contributed by atoms with Gasteiger partial charge in [0.25, 0.3) is 0 Å². The van der Waals surface area contributed by atoms with Gasteiger partial charge < -0.3 is 37.3 Å². The van der Waals surface area contributed by atoms with Gasteiger partial charge in [0, 0.05) is 123 Å². The fourth-order valence-electron chi connectivity index (χ4n) is 19.9. The summed E-state index contributed by atoms with van der Waals surface area (Å²) < 4.78 is 29.4. The number of nitrogens with zero attached hydrogens (tertiary/aromatic N) is 4. The summed E-state index contributed by atoms with van der Waals surface area (Å²) in [5.41, 5.74) is 40.2. The zero-order chi connectivity index (χ0) is 84.7. The molecule has 4 heterocycles. The molecule has 0 aliphatic carbocycles. The molecule has 0 saturated heterocycles. The van der Waals surface area contributed by atoms with Crippen molar-refractivity contribution in [3.05, 3.63) is 380 Å². The summed E-state index contributed by atoms with van der Waals surface area (Å²) in [5.74, 6) is 0. The molecule has 0 N–H and O–H groups in total. The molecule has 0 radical (unpaired) electrons. The fraction of sp³-hybridized carbons (Fsp3) is 0.138. The van der Waals surface area contributed by atoms with Crippen LogP contribution in [0, 0.1) is 104 Å². The van der Waals surface area contributed by atoms with Gasteiger partial charge in [-0.15, -0.1) is 0 Å². The van der Waals surface area contributed by atoms with Gasteiger partial charge in [0.1, 0.15) is 44.7 Å². The predicted molar refractivity (Wildman–Crippen MR) is 525 cm³/mol. The molecule has 0 spiro atoms. The van der Waals surface area contributed by atoms with Crippen LogP contribution in [0.1, 0.15) is 94.6 Å². The summed E-state index contributed by atoms with van der Waals surface area (Å²) in [6.07, 6.45) is 0.561. The highest BCUT2D eigenvalue weighted by molar-refractivity contribution is 6.31. The van der Waals surface area contributed by atoms with Gasteiger partial charge in [0.2, 0.25) is 0 Å². The SMILES string of the molecule is Cc1ccccc1N(c1ccc2cc3c(cc2c1)oc1c(C)c(C)c2oc4cc5cc(N(c6ccccc6C)c6cc(Cc7c(C)c8oc9cc%10cc(N(c%11cccc(C)c%11C)c%11cccc(C)c%11C)ccc%10cc9c8c8c7oc7cc9cc(N(c%10cccc(C)c%10C)c%10cccc(C)c%10C)ccc9cc78)ccc6C)ccc5cc4c2c13)c1ccccc1C. The lowest BCUT2D eigenvalue weighted by Crippen LogP contribution is -2.13. The first-order chi connectivity index (χ1) is 60.2. The summed E-state index contributed by atoms with van der Waals surface area (Å²) in [6.45, 7) is 33.2. The van der Waals surface area contributed by atoms with Crippen LogP contribution in [0.4, 0.5) is 68.2 Å². The number of anilines is 12. The van der Waals surface area contributed by atoms with E-state index in [1.165, 1.54) is 55.6 Å². The second kappa shape index (κ2) is 28.8. The van der Waals surface area contributed by atoms with Gasteiger partial charge >= 0.3 is 0 Å². The van der Waals surface area contributed by atoms with E-state index in [0.29, 0.717) is 6.42 Å². The topological polar surface area (TPSA) is 65.5 Å². The predicted octanol–water partition coefficient (Wildman–Crippen LogP) is 34.0. The van der Waals surface area contributed by atoms with Crippen molar-refractivity contribution in [3.8, 4) is 0 Å². The third kappa shape index (κ3) is 11.9. The van der Waals surface area contributed by atoms with Crippen LogP contribution in [-0.2, 0) is 6.42 Å². The molecular weight excluding hydrogens is 1510 g/mol. The van der Waals surface area contributed by atoms with E-state index in [9.17, 15) is 0 Å². The number of benzene rings is 18. The van der Waals surface area contributed by atoms with Gasteiger partial charge in [-0.2, -0.15) is 0 Å². The van der Waals surface area contributed by atoms with E-state index in [0.717, 1.165) is 238 Å². The van der Waals surface area contributed by atoms with Gasteiger partial charge in [-0.3, -0.25) is 0 Å². The molecule has 0 bridgehead atoms. The maximum absolute atomic E-state index is 7.62. The minimum atomic E-state index is 0.561. The summed E-state index contributed by atoms with van der Waals surface area (Å²) >= 11 is 0. The molecule has 0 fully saturated rings. The van der Waals surface area contributed by atoms with Crippen molar-refractivity contribution >= 4 is 199 Å². The molecule has 0 saturated carbocycles. The molecule has 22 rings (SSSR count). The van der Waals surface area contributed by atoms with Crippen LogP contribution in [0.15, 0.2) is 303 Å². The van der Waals surface area contributed by atoms with E-state index < -0.39 is 0 Å². The first-order valence-electron chi connectivity index (χ1n) is 43.3. The Morgan fingerprint density at radius 1 is 0.194 bits per heavy atom. The number of fused-ring (bicyclic) bond motifs is 18. The molecule has 0 aliphatic heterocycles. The van der Waals surface area contributed by atoms with Gasteiger partial charge in [-0.25, -0.2) is 0 Å². The number of aryl methyl sites for hydroxylation is 11. The molecule has 0 amide bonds. The quantitative estimate of drug-likeness (QED) is 0.107. The lowest BCUT2D eigenvalue weighted by molar-refractivity contribution is 0.656. The van der Waals surface area contributed by atoms with Crippen molar-refractivity contribution in [2.24, 2.45) is 0 Å². The maximum atomic E-state index is 7.62. The minimum Gasteiger partial charge on any atom is -0.456 e. The highest BCUT2D eigenvalue weighted by Crippen LogP contribution is 2.53. The number of rotatable bonds is 14. The Labute approximate surface area is 721 Å². The van der Waals surface area contributed by atoms with Crippen molar-refractivity contribution in [3.63, 3.8) is 0 Å². The molecule has 0 aliphatic rings. The van der Waals surface area contributed by atoms with Crippen molar-refractivity contribution in [1.82, 2.24) is 0 Å². The Hall–Kier alpha value is -14.6. The van der Waals surface area contributed by atoms with Crippen LogP contribution in [0.5, 0.6) is 0 Å². The third-order valence-electron chi connectivity index (χ3n) is 27.6. The molecule has 602 valence electrons. The third-order valence-corrected chi connectivity index (χ3v) is 27.6. The van der Waals surface area contributed by atoms with E-state index >= 15 is 0 Å². The standard InChI is InChI=1S/C116H94N4O4/c1-64-29-22-36-100(72(64)9)119(101-37-23-30-65(2)73(101)10)90-48-44-82-58-95-107(62-86(82)54-90)123-115-78(15)92(116-112(111(95)115)96-59-83-45-49-91(55-87(83)63-108(96)124-116)120(102-38-24-31-66(3)74(102)11)103-39-25-32-67(4)75(103)12)50-79-41-40-71(8)104(51-79)118(99-35-21-18-28-70(99)7)89-47-43-81-57-94-106(61-85(81)53-89)122-114-77(14)76(13)113-109(110(94)114)93-56-80-42-46-88(52-84(80)60-105(93)121-113)117(97-33-19-16-26-68(97)5)98-34-20-17-27-69(98)6/h16-49,51-63H,50H2,1-15H3. The monoisotopic (exact) mass is 1610 g/mol. The lowest BCUT2D eigenvalue weighted by atomic mass is 9.92. The first kappa shape index (κ1) is 75.6. The van der Waals surface area contributed by atoms with E-state index in [-0.39, 0.29) is 0 Å². The Kier molecular flexibility index (Phi) is 17.6. The van der Waals surface area contributed by atoms with Crippen LogP contribution in [-0.4, -0.2) is 0 Å². The molecule has 22 aromatic rings. The molecule has 8 heteroatoms. The van der Waals surface area contributed by atoms with E-state index in [1.54, 1.807) is 0 Å². The maximum Gasteiger partial charge on any atom is 0.140 e. The Morgan fingerprint density at radius 3 is 0.790 bits per heavy atom. The molecule has 0 atom stereocenters. The minimum absolute atomic E-state index is 0.561. The molecular formula is C116H94N4O4. The highest BCUT2D eigenvalue weighted by atomic mass is 16.3. The van der Waals surface area contributed by atoms with Crippen molar-refractivity contribution in [1.29, 1.82) is 0 Å². The summed E-state index contributed by atoms with van der Waals surface area (Å²) in [5, 5.41) is 17.3. The number of para-hydroxylation sites is 3. The summed E-state index contributed by atoms with van der Waals surface area (Å²) in [4.78, 5) is 9.71. The highest BCUT2D eigenvalue weighted by Gasteiger charge is 2.30. The lowest BCUT2D eigenvalue weighted by Gasteiger charge is -2.30. The Morgan fingerprint density at radius 2 is 0.460 bits per heavy atom. The van der Waals surface area contributed by atoms with Crippen LogP contribution in [0.2, 0.25) is 0 Å². The second-order valence-electron chi connectivity index (χ2n) is 35.0. The first-order valence-corrected chi connectivity index (χ1v) is 43.3. The summed E-state index contributed by atoms with van der Waals surface area (Å²) in [6, 6.07) is 105. The number of hydrogen-bond acceptors (Lipinski definition) is 8. The van der Waals surface area contributed by atoms with E-state index in [4.69, 9.17) is 17.7 Å². The largest absolute Gasteiger partial charge is 0.456 e. The zero-order valence-corrected chi connectivity index (χ0v) is 72.8. The van der Waals surface area contributed by atoms with Crippen LogP contribution in [0.3, 0.4) is 0 Å². The zero-order valence-electron chi connectivity index (χ0n) is 72.8. The van der Waals surface area contributed by atoms with Crippen LogP contribution in [0.25, 0.3) is 131 Å². The molecule has 124 heavy (non-hydrogen) atoms. The molecule has 0 unspecified atom stereocenters. The number of furan rings is 4. The normalized spacial score (nSPS) is 12.0. The van der Waals surface area contributed by atoms with E-state index in [1.807, 2.05) is 0 Å². The van der Waals surface area contributed by atoms with Gasteiger partial charge in [0.05, 0.1) is 0 Å². The van der Waals surface area contributed by atoms with Crippen molar-refractivity contribution in [2.75, 3.05) is 19.6 Å². The molecule has 18 aromatic carbocycles. The van der Waals surface area contributed by atoms with Crippen molar-refractivity contribution < 1.29 is 17.7 Å². The van der Waals surface area contributed by atoms with Gasteiger partial charge in [0.15, 0.2) is 0 Å². The van der Waals surface area contributed by atoms with Gasteiger partial charge in [-0.05, 0) is 382 Å². The summed E-state index contributed by atoms with van der Waals surface area (Å²) in [7, 11) is 0. The Balaban J connectivity index is 0.686. The molecule has 4 aromatic heterocycles. The second-order valence-corrected chi connectivity index (χ2v) is 35.0. The average molecular weight is 1610 g/mol. The van der Waals surface area contributed by atoms with Crippen LogP contribution >= 0.6 is 0 Å². The number of hydrogen-bond donors (Lipinski definition) is 0. The Bertz CT molecular complexity index is 8180. The van der Waals surface area contributed by atoms with Crippen molar-refractivity contribution in [2.45, 2.75) is 110 Å². The van der Waals surface area contributed by atoms with E-state index in [2.05, 4.69) is 409 Å². The van der Waals surface area contributed by atoms with Crippen LogP contribution < -0.4 is 19.6 Å². The molecule has 8 nitrogen and oxygen atoms in total. The average Bonchev–Trinajstić information content (AvgIpc) is 1.55. The smallest absolute Gasteiger partial charge is 0.140 e.